The van der Waals surface area contributed by atoms with Gasteiger partial charge in [-0.25, -0.2) is 8.78 Å². The highest BCUT2D eigenvalue weighted by Gasteiger charge is 2.25. The van der Waals surface area contributed by atoms with Crippen molar-refractivity contribution in [2.24, 2.45) is 0 Å². The van der Waals surface area contributed by atoms with Crippen LogP contribution in [0, 0.1) is 11.6 Å². The number of hydrogen-bond donors (Lipinski definition) is 0. The molecule has 0 N–H and O–H groups in total. The fourth-order valence-electron chi connectivity index (χ4n) is 2.50. The van der Waals surface area contributed by atoms with Gasteiger partial charge in [0.05, 0.1) is 6.54 Å². The van der Waals surface area contributed by atoms with Crippen LogP contribution in [0.4, 0.5) is 8.78 Å². The third-order valence-corrected chi connectivity index (χ3v) is 3.60. The van der Waals surface area contributed by atoms with Gasteiger partial charge in [-0.1, -0.05) is 24.3 Å². The van der Waals surface area contributed by atoms with Gasteiger partial charge in [-0.2, -0.15) is 0 Å². The standard InChI is InChI=1S/C16H13F2NO/c17-14-6-3-7-15(18)13(14)10-19-9-8-11-4-1-2-5-12(11)16(19)20/h1-7H,8-10H2. The van der Waals surface area contributed by atoms with Crippen molar-refractivity contribution in [3.05, 3.63) is 70.8 Å². The molecule has 0 spiro atoms. The van der Waals surface area contributed by atoms with E-state index in [9.17, 15) is 13.6 Å². The minimum Gasteiger partial charge on any atom is -0.334 e. The number of hydrogen-bond acceptors (Lipinski definition) is 1. The molecule has 1 amide bonds. The Balaban J connectivity index is 1.89. The lowest BCUT2D eigenvalue weighted by molar-refractivity contribution is 0.0723. The molecule has 1 aliphatic rings. The molecule has 20 heavy (non-hydrogen) atoms. The Labute approximate surface area is 115 Å². The fraction of sp³-hybridized carbons (Fsp3) is 0.188. The van der Waals surface area contributed by atoms with Crippen LogP contribution in [0.3, 0.4) is 0 Å². The van der Waals surface area contributed by atoms with E-state index in [0.29, 0.717) is 18.5 Å². The van der Waals surface area contributed by atoms with Gasteiger partial charge in [0.1, 0.15) is 11.6 Å². The van der Waals surface area contributed by atoms with E-state index in [1.165, 1.54) is 23.1 Å². The molecule has 0 bridgehead atoms. The topological polar surface area (TPSA) is 20.3 Å². The molecule has 2 aromatic rings. The molecule has 1 heterocycles. The molecule has 2 aromatic carbocycles. The quantitative estimate of drug-likeness (QED) is 0.823. The SMILES string of the molecule is O=C1c2ccccc2CCN1Cc1c(F)cccc1F. The second kappa shape index (κ2) is 5.04. The largest absolute Gasteiger partial charge is 0.334 e. The second-order valence-electron chi connectivity index (χ2n) is 4.83. The summed E-state index contributed by atoms with van der Waals surface area (Å²) >= 11 is 0. The number of carbonyl (C=O) groups excluding carboxylic acids is 1. The number of amides is 1. The maximum absolute atomic E-state index is 13.7. The molecule has 4 heteroatoms. The molecule has 0 radical (unpaired) electrons. The van der Waals surface area contributed by atoms with Crippen molar-refractivity contribution < 1.29 is 13.6 Å². The van der Waals surface area contributed by atoms with Gasteiger partial charge in [0.2, 0.25) is 0 Å². The Morgan fingerprint density at radius 3 is 2.45 bits per heavy atom. The van der Waals surface area contributed by atoms with Gasteiger partial charge < -0.3 is 4.90 Å². The van der Waals surface area contributed by atoms with Crippen LogP contribution in [-0.4, -0.2) is 17.4 Å². The van der Waals surface area contributed by atoms with Crippen molar-refractivity contribution in [3.8, 4) is 0 Å². The Morgan fingerprint density at radius 1 is 1.00 bits per heavy atom. The van der Waals surface area contributed by atoms with Crippen LogP contribution in [0.5, 0.6) is 0 Å². The van der Waals surface area contributed by atoms with Crippen LogP contribution >= 0.6 is 0 Å². The first kappa shape index (κ1) is 12.8. The molecular formula is C16H13F2NO. The lowest BCUT2D eigenvalue weighted by Gasteiger charge is -2.28. The van der Waals surface area contributed by atoms with Crippen LogP contribution in [0.25, 0.3) is 0 Å². The van der Waals surface area contributed by atoms with Gasteiger partial charge in [-0.15, -0.1) is 0 Å². The third kappa shape index (κ3) is 2.18. The van der Waals surface area contributed by atoms with Crippen molar-refractivity contribution in [2.75, 3.05) is 6.54 Å². The van der Waals surface area contributed by atoms with Gasteiger partial charge in [-0.05, 0) is 30.2 Å². The summed E-state index contributed by atoms with van der Waals surface area (Å²) in [6, 6.07) is 11.1. The summed E-state index contributed by atoms with van der Waals surface area (Å²) in [5.74, 6) is -1.40. The van der Waals surface area contributed by atoms with Crippen molar-refractivity contribution >= 4 is 5.91 Å². The fourth-order valence-corrected chi connectivity index (χ4v) is 2.50. The molecule has 0 aliphatic carbocycles. The van der Waals surface area contributed by atoms with Gasteiger partial charge >= 0.3 is 0 Å². The van der Waals surface area contributed by atoms with Crippen molar-refractivity contribution in [1.82, 2.24) is 4.90 Å². The Bertz CT molecular complexity index is 649. The molecule has 2 nitrogen and oxygen atoms in total. The molecule has 3 rings (SSSR count). The summed E-state index contributed by atoms with van der Waals surface area (Å²) in [6.07, 6.45) is 0.706. The van der Waals surface area contributed by atoms with Crippen LogP contribution in [-0.2, 0) is 13.0 Å². The maximum Gasteiger partial charge on any atom is 0.254 e. The summed E-state index contributed by atoms with van der Waals surface area (Å²) in [5.41, 5.74) is 1.55. The molecule has 0 atom stereocenters. The predicted octanol–water partition coefficient (Wildman–Crippen LogP) is 3.16. The Morgan fingerprint density at radius 2 is 1.70 bits per heavy atom. The van der Waals surface area contributed by atoms with Gasteiger partial charge in [0.25, 0.3) is 5.91 Å². The molecule has 0 fully saturated rings. The summed E-state index contributed by atoms with van der Waals surface area (Å²) in [4.78, 5) is 13.8. The minimum atomic E-state index is -0.614. The molecule has 1 aliphatic heterocycles. The monoisotopic (exact) mass is 273 g/mol. The number of halogens is 2. The summed E-state index contributed by atoms with van der Waals surface area (Å²) in [5, 5.41) is 0. The summed E-state index contributed by atoms with van der Waals surface area (Å²) < 4.78 is 27.3. The van der Waals surface area contributed by atoms with E-state index < -0.39 is 11.6 Å². The van der Waals surface area contributed by atoms with Crippen LogP contribution in [0.15, 0.2) is 42.5 Å². The van der Waals surface area contributed by atoms with Gasteiger partial charge in [0.15, 0.2) is 0 Å². The van der Waals surface area contributed by atoms with Gasteiger partial charge in [0, 0.05) is 17.7 Å². The first-order chi connectivity index (χ1) is 9.66. The molecule has 0 unspecified atom stereocenters. The normalized spacial score (nSPS) is 14.3. The average Bonchev–Trinajstić information content (AvgIpc) is 2.45. The zero-order chi connectivity index (χ0) is 14.1. The van der Waals surface area contributed by atoms with E-state index in [4.69, 9.17) is 0 Å². The van der Waals surface area contributed by atoms with Crippen molar-refractivity contribution in [1.29, 1.82) is 0 Å². The third-order valence-electron chi connectivity index (χ3n) is 3.60. The zero-order valence-corrected chi connectivity index (χ0v) is 10.8. The van der Waals surface area contributed by atoms with Crippen LogP contribution < -0.4 is 0 Å². The minimum absolute atomic E-state index is 0.0360. The van der Waals surface area contributed by atoms with Gasteiger partial charge in [-0.3, -0.25) is 4.79 Å². The number of fused-ring (bicyclic) bond motifs is 1. The smallest absolute Gasteiger partial charge is 0.254 e. The first-order valence-corrected chi connectivity index (χ1v) is 6.47. The summed E-state index contributed by atoms with van der Waals surface area (Å²) in [7, 11) is 0. The molecular weight excluding hydrogens is 260 g/mol. The molecule has 0 aromatic heterocycles. The van der Waals surface area contributed by atoms with E-state index in [2.05, 4.69) is 0 Å². The molecule has 0 saturated carbocycles. The highest BCUT2D eigenvalue weighted by molar-refractivity contribution is 5.96. The number of rotatable bonds is 2. The Hall–Kier alpha value is -2.23. The van der Waals surface area contributed by atoms with Crippen molar-refractivity contribution in [2.45, 2.75) is 13.0 Å². The zero-order valence-electron chi connectivity index (χ0n) is 10.8. The Kier molecular flexibility index (Phi) is 3.22. The summed E-state index contributed by atoms with van der Waals surface area (Å²) in [6.45, 7) is 0.440. The van der Waals surface area contributed by atoms with E-state index in [-0.39, 0.29) is 18.0 Å². The van der Waals surface area contributed by atoms with Crippen LogP contribution in [0.1, 0.15) is 21.5 Å². The second-order valence-corrected chi connectivity index (χ2v) is 4.83. The number of benzene rings is 2. The van der Waals surface area contributed by atoms with E-state index in [1.54, 1.807) is 12.1 Å². The highest BCUT2D eigenvalue weighted by atomic mass is 19.1. The van der Waals surface area contributed by atoms with E-state index in [1.807, 2.05) is 12.1 Å². The lowest BCUT2D eigenvalue weighted by atomic mass is 9.98. The number of carbonyl (C=O) groups is 1. The maximum atomic E-state index is 13.7. The molecule has 102 valence electrons. The predicted molar refractivity (Wildman–Crippen MR) is 71.2 cm³/mol. The van der Waals surface area contributed by atoms with E-state index >= 15 is 0 Å². The highest BCUT2D eigenvalue weighted by Crippen LogP contribution is 2.22. The average molecular weight is 273 g/mol. The first-order valence-electron chi connectivity index (χ1n) is 6.47. The van der Waals surface area contributed by atoms with Crippen molar-refractivity contribution in [3.63, 3.8) is 0 Å². The lowest BCUT2D eigenvalue weighted by Crippen LogP contribution is -2.37. The van der Waals surface area contributed by atoms with Crippen LogP contribution in [0.2, 0.25) is 0 Å². The molecule has 0 saturated heterocycles. The number of nitrogens with zero attached hydrogens (tertiary/aromatic N) is 1. The van der Waals surface area contributed by atoms with E-state index in [0.717, 1.165) is 5.56 Å².